The summed E-state index contributed by atoms with van der Waals surface area (Å²) in [4.78, 5) is 72.5. The van der Waals surface area contributed by atoms with Crippen LogP contribution in [0, 0.1) is 5.92 Å². The zero-order chi connectivity index (χ0) is 68.4. The van der Waals surface area contributed by atoms with Crippen LogP contribution < -0.4 is 0 Å². The number of aliphatic hydroxyl groups is 1. The molecule has 19 heteroatoms. The van der Waals surface area contributed by atoms with Crippen molar-refractivity contribution in [1.82, 2.24) is 0 Å². The van der Waals surface area contributed by atoms with Crippen molar-refractivity contribution >= 4 is 39.5 Å². The monoisotopic (exact) mass is 1360 g/mol. The second-order valence-corrected chi connectivity index (χ2v) is 29.4. The van der Waals surface area contributed by atoms with E-state index >= 15 is 0 Å². The highest BCUT2D eigenvalue weighted by Crippen LogP contribution is 2.45. The van der Waals surface area contributed by atoms with E-state index in [1.165, 1.54) is 161 Å². The van der Waals surface area contributed by atoms with E-state index in [1.807, 2.05) is 0 Å². The van der Waals surface area contributed by atoms with Gasteiger partial charge in [-0.05, 0) is 57.3 Å². The lowest BCUT2D eigenvalue weighted by atomic mass is 10.0. The van der Waals surface area contributed by atoms with Gasteiger partial charge in [0.25, 0.3) is 0 Å². The van der Waals surface area contributed by atoms with Gasteiger partial charge < -0.3 is 33.8 Å². The Hall–Kier alpha value is -2.46. The molecule has 0 spiro atoms. The maximum Gasteiger partial charge on any atom is 0.472 e. The molecule has 0 bridgehead atoms. The Balaban J connectivity index is 5.19. The number of esters is 4. The Bertz CT molecular complexity index is 1880. The number of hydrogen-bond acceptors (Lipinski definition) is 15. The Kier molecular flexibility index (Phi) is 65.0. The molecule has 0 aliphatic heterocycles. The third-order valence-electron chi connectivity index (χ3n) is 16.7. The molecule has 3 N–H and O–H groups in total. The number of unbranched alkanes of at least 4 members (excludes halogenated alkanes) is 41. The van der Waals surface area contributed by atoms with Crippen molar-refractivity contribution in [1.29, 1.82) is 0 Å². The van der Waals surface area contributed by atoms with Crippen LogP contribution in [-0.4, -0.2) is 96.7 Å². The third-order valence-corrected chi connectivity index (χ3v) is 18.6. The normalized spacial score (nSPS) is 14.2. The molecule has 5 atom stereocenters. The maximum atomic E-state index is 13.1. The average Bonchev–Trinajstić information content (AvgIpc) is 3.67. The van der Waals surface area contributed by atoms with E-state index in [4.69, 9.17) is 37.0 Å². The van der Waals surface area contributed by atoms with Crippen LogP contribution in [-0.2, 0) is 65.4 Å². The van der Waals surface area contributed by atoms with Gasteiger partial charge in [0.15, 0.2) is 12.2 Å². The number of aliphatic hydroxyl groups excluding tert-OH is 1. The third kappa shape index (κ3) is 67.9. The zero-order valence-electron chi connectivity index (χ0n) is 59.9. The lowest BCUT2D eigenvalue weighted by Gasteiger charge is -2.21. The fourth-order valence-electron chi connectivity index (χ4n) is 10.8. The number of allylic oxidation sites excluding steroid dienone is 4. The molecular formula is C74H140O17P2. The molecule has 0 fully saturated rings. The van der Waals surface area contributed by atoms with E-state index in [0.29, 0.717) is 31.6 Å². The van der Waals surface area contributed by atoms with Crippen molar-refractivity contribution in [3.05, 3.63) is 24.3 Å². The molecule has 2 unspecified atom stereocenters. The minimum absolute atomic E-state index is 0.0999. The summed E-state index contributed by atoms with van der Waals surface area (Å²) in [5.74, 6) is -1.49. The van der Waals surface area contributed by atoms with Gasteiger partial charge in [-0.2, -0.15) is 0 Å². The predicted octanol–water partition coefficient (Wildman–Crippen LogP) is 21.2. The average molecular weight is 1360 g/mol. The molecule has 0 saturated carbocycles. The van der Waals surface area contributed by atoms with E-state index < -0.39 is 97.5 Å². The predicted molar refractivity (Wildman–Crippen MR) is 377 cm³/mol. The SMILES string of the molecule is CCCCCC/C=C\C=C/CCCCCCCC(=O)OC[C@H](COP(=O)(O)OC[C@@H](O)COP(=O)(O)OC[C@@H](COC(=O)CCCCCCCCCC)OC(=O)CCCCCCCCC(C)C)OC(=O)CCCCCCCCCCCCCCCCCCCCCCC. The highest BCUT2D eigenvalue weighted by atomic mass is 31.2. The van der Waals surface area contributed by atoms with Gasteiger partial charge in [0.2, 0.25) is 0 Å². The quantitative estimate of drug-likeness (QED) is 0.0169. The molecule has 548 valence electrons. The fourth-order valence-corrected chi connectivity index (χ4v) is 12.4. The molecule has 0 aromatic heterocycles. The standard InChI is InChI=1S/C74H140O17P2/c1-6-9-12-15-18-21-23-25-27-28-29-30-31-32-34-36-38-40-43-49-54-59-73(78)90-69(63-85-72(77)58-53-48-42-39-37-35-33-26-24-22-19-16-13-10-7-2)65-88-92(80,81)86-61-68(75)62-87-93(82,83)89-66-70(64-84-71(76)57-52-47-41-20-17-14-11-8-3)91-74(79)60-55-50-45-44-46-51-56-67(4)5/h22,24,26,33,67-70,75H,6-21,23,25,27-32,34-66H2,1-5H3,(H,80,81)(H,82,83)/b24-22-,33-26-/t68-,69-,70-/m1/s1. The topological polar surface area (TPSA) is 237 Å². The van der Waals surface area contributed by atoms with Crippen LogP contribution in [0.2, 0.25) is 0 Å². The van der Waals surface area contributed by atoms with Gasteiger partial charge in [0.05, 0.1) is 26.4 Å². The van der Waals surface area contributed by atoms with Gasteiger partial charge in [-0.3, -0.25) is 37.3 Å². The van der Waals surface area contributed by atoms with E-state index in [2.05, 4.69) is 58.9 Å². The van der Waals surface area contributed by atoms with Crippen molar-refractivity contribution in [2.45, 2.75) is 380 Å². The number of hydrogen-bond donors (Lipinski definition) is 3. The molecule has 0 aromatic carbocycles. The van der Waals surface area contributed by atoms with Gasteiger partial charge in [-0.1, -0.05) is 309 Å². The van der Waals surface area contributed by atoms with Crippen molar-refractivity contribution in [3.63, 3.8) is 0 Å². The molecular weight excluding hydrogens is 1220 g/mol. The lowest BCUT2D eigenvalue weighted by Crippen LogP contribution is -2.30. The first-order valence-corrected chi connectivity index (χ1v) is 40.9. The summed E-state index contributed by atoms with van der Waals surface area (Å²) in [6.45, 7) is 7.08. The summed E-state index contributed by atoms with van der Waals surface area (Å²) >= 11 is 0. The van der Waals surface area contributed by atoms with Gasteiger partial charge in [0.1, 0.15) is 19.3 Å². The van der Waals surface area contributed by atoms with Crippen molar-refractivity contribution in [2.24, 2.45) is 5.92 Å². The fraction of sp³-hybridized carbons (Fsp3) is 0.892. The number of carbonyl (C=O) groups is 4. The van der Waals surface area contributed by atoms with Crippen LogP contribution in [0.4, 0.5) is 0 Å². The minimum Gasteiger partial charge on any atom is -0.462 e. The van der Waals surface area contributed by atoms with Crippen LogP contribution in [0.1, 0.15) is 362 Å². The largest absolute Gasteiger partial charge is 0.472 e. The Morgan fingerprint density at radius 2 is 0.581 bits per heavy atom. The lowest BCUT2D eigenvalue weighted by molar-refractivity contribution is -0.161. The number of ether oxygens (including phenoxy) is 4. The van der Waals surface area contributed by atoms with Crippen molar-refractivity contribution in [3.8, 4) is 0 Å². The molecule has 0 rings (SSSR count). The number of rotatable bonds is 72. The maximum absolute atomic E-state index is 13.1. The second kappa shape index (κ2) is 66.8. The zero-order valence-corrected chi connectivity index (χ0v) is 61.7. The molecule has 0 aliphatic carbocycles. The van der Waals surface area contributed by atoms with Gasteiger partial charge in [-0.15, -0.1) is 0 Å². The van der Waals surface area contributed by atoms with Gasteiger partial charge in [-0.25, -0.2) is 9.13 Å². The van der Waals surface area contributed by atoms with Crippen molar-refractivity contribution < 1.29 is 80.2 Å². The minimum atomic E-state index is -4.96. The molecule has 0 heterocycles. The first-order valence-electron chi connectivity index (χ1n) is 38.0. The van der Waals surface area contributed by atoms with E-state index in [0.717, 1.165) is 116 Å². The van der Waals surface area contributed by atoms with Gasteiger partial charge in [0, 0.05) is 25.7 Å². The second-order valence-electron chi connectivity index (χ2n) is 26.5. The number of phosphoric ester groups is 2. The van der Waals surface area contributed by atoms with E-state index in [1.54, 1.807) is 0 Å². The summed E-state index contributed by atoms with van der Waals surface area (Å²) in [5.41, 5.74) is 0. The Morgan fingerprint density at radius 3 is 0.882 bits per heavy atom. The summed E-state index contributed by atoms with van der Waals surface area (Å²) < 4.78 is 68.2. The number of carbonyl (C=O) groups excluding carboxylic acids is 4. The van der Waals surface area contributed by atoms with Crippen LogP contribution >= 0.6 is 15.6 Å². The van der Waals surface area contributed by atoms with Crippen LogP contribution in [0.25, 0.3) is 0 Å². The van der Waals surface area contributed by atoms with Crippen molar-refractivity contribution in [2.75, 3.05) is 39.6 Å². The molecule has 0 amide bonds. The Morgan fingerprint density at radius 1 is 0.333 bits per heavy atom. The molecule has 0 saturated heterocycles. The highest BCUT2D eigenvalue weighted by molar-refractivity contribution is 7.47. The molecule has 0 aliphatic rings. The Labute approximate surface area is 567 Å². The molecule has 93 heavy (non-hydrogen) atoms. The molecule has 0 aromatic rings. The van der Waals surface area contributed by atoms with E-state index in [-0.39, 0.29) is 25.7 Å². The number of phosphoric acid groups is 2. The smallest absolute Gasteiger partial charge is 0.462 e. The highest BCUT2D eigenvalue weighted by Gasteiger charge is 2.30. The first kappa shape index (κ1) is 90.5. The summed E-state index contributed by atoms with van der Waals surface area (Å²) in [6.07, 6.45) is 58.1. The van der Waals surface area contributed by atoms with Gasteiger partial charge >= 0.3 is 39.5 Å². The summed E-state index contributed by atoms with van der Waals surface area (Å²) in [6, 6.07) is 0. The molecule has 0 radical (unpaired) electrons. The van der Waals surface area contributed by atoms with E-state index in [9.17, 15) is 43.2 Å². The van der Waals surface area contributed by atoms with Crippen LogP contribution in [0.3, 0.4) is 0 Å². The van der Waals surface area contributed by atoms with Crippen LogP contribution in [0.5, 0.6) is 0 Å². The summed E-state index contributed by atoms with van der Waals surface area (Å²) in [7, 11) is -9.91. The first-order chi connectivity index (χ1) is 45.0. The summed E-state index contributed by atoms with van der Waals surface area (Å²) in [5, 5.41) is 10.6. The van der Waals surface area contributed by atoms with Crippen LogP contribution in [0.15, 0.2) is 24.3 Å². The molecule has 17 nitrogen and oxygen atoms in total.